The number of hydrogen-bond acceptors (Lipinski definition) is 6. The van der Waals surface area contributed by atoms with Crippen LogP contribution in [0.3, 0.4) is 0 Å². The predicted molar refractivity (Wildman–Crippen MR) is 126 cm³/mol. The maximum atomic E-state index is 11.7. The van der Waals surface area contributed by atoms with Gasteiger partial charge in [-0.2, -0.15) is 9.61 Å². The van der Waals surface area contributed by atoms with E-state index in [4.69, 9.17) is 10.7 Å². The average Bonchev–Trinajstić information content (AvgIpc) is 3.45. The number of carbonyl (C=O) groups is 1. The van der Waals surface area contributed by atoms with E-state index >= 15 is 0 Å². The van der Waals surface area contributed by atoms with E-state index in [1.165, 1.54) is 0 Å². The van der Waals surface area contributed by atoms with Crippen molar-refractivity contribution >= 4 is 42.3 Å². The Balaban J connectivity index is 1.55. The number of carbonyl (C=O) groups excluding carboxylic acids is 1. The first kappa shape index (κ1) is 20.0. The van der Waals surface area contributed by atoms with Crippen LogP contribution < -0.4 is 5.73 Å². The van der Waals surface area contributed by atoms with E-state index in [1.807, 2.05) is 35.4 Å². The number of nitrogens with zero attached hydrogens (tertiary/aromatic N) is 6. The van der Waals surface area contributed by atoms with Crippen molar-refractivity contribution in [2.75, 3.05) is 18.8 Å². The Hall–Kier alpha value is -2.90. The van der Waals surface area contributed by atoms with Gasteiger partial charge in [0.05, 0.1) is 22.1 Å². The topological polar surface area (TPSA) is 102 Å². The highest BCUT2D eigenvalue weighted by molar-refractivity contribution is 9.10. The van der Waals surface area contributed by atoms with Crippen LogP contribution >= 0.6 is 25.2 Å². The molecule has 0 aromatic carbocycles. The first-order valence-electron chi connectivity index (χ1n) is 9.76. The number of amides is 1. The van der Waals surface area contributed by atoms with Gasteiger partial charge < -0.3 is 10.6 Å². The summed E-state index contributed by atoms with van der Waals surface area (Å²) in [6, 6.07) is 7.81. The molecule has 0 aliphatic carbocycles. The lowest BCUT2D eigenvalue weighted by Crippen LogP contribution is -2.22. The van der Waals surface area contributed by atoms with Crippen LogP contribution in [0.25, 0.3) is 28.0 Å². The van der Waals surface area contributed by atoms with Gasteiger partial charge >= 0.3 is 0 Å². The standard InChI is InChI=1S/C21H19BrN7OP/c22-17-18(14-5-7-28(11-14)21(30)31)27-20-15(10-26-29(20)19(17)23)12-3-4-16(25-9-12)13-2-1-6-24-8-13/h1-4,6,8-10,14H,5,7,11,23,31H2. The number of anilines is 1. The number of pyridine rings is 2. The highest BCUT2D eigenvalue weighted by Gasteiger charge is 2.30. The second-order valence-corrected chi connectivity index (χ2v) is 8.72. The van der Waals surface area contributed by atoms with E-state index in [2.05, 4.69) is 40.2 Å². The van der Waals surface area contributed by atoms with E-state index in [0.29, 0.717) is 24.6 Å². The summed E-state index contributed by atoms with van der Waals surface area (Å²) in [5.74, 6) is 0.599. The fourth-order valence-electron chi connectivity index (χ4n) is 3.91. The third kappa shape index (κ3) is 3.58. The van der Waals surface area contributed by atoms with Crippen LogP contribution in [0.4, 0.5) is 10.6 Å². The molecule has 0 bridgehead atoms. The molecular weight excluding hydrogens is 477 g/mol. The molecule has 5 rings (SSSR count). The lowest BCUT2D eigenvalue weighted by molar-refractivity contribution is 0.233. The summed E-state index contributed by atoms with van der Waals surface area (Å²) in [6.07, 6.45) is 7.92. The van der Waals surface area contributed by atoms with Crippen LogP contribution in [-0.2, 0) is 0 Å². The molecule has 156 valence electrons. The molecular formula is C21H19BrN7OP. The molecule has 1 fully saturated rings. The molecule has 2 N–H and O–H groups in total. The minimum atomic E-state index is -0.00232. The highest BCUT2D eigenvalue weighted by atomic mass is 79.9. The van der Waals surface area contributed by atoms with Gasteiger partial charge in [0.1, 0.15) is 5.82 Å². The Labute approximate surface area is 189 Å². The third-order valence-corrected chi connectivity index (χ3v) is 6.74. The van der Waals surface area contributed by atoms with Crippen molar-refractivity contribution in [3.8, 4) is 22.4 Å². The van der Waals surface area contributed by atoms with Crippen molar-refractivity contribution in [3.63, 3.8) is 0 Å². The molecule has 5 heterocycles. The van der Waals surface area contributed by atoms with Gasteiger partial charge in [-0.25, -0.2) is 4.98 Å². The molecule has 8 nitrogen and oxygen atoms in total. The van der Waals surface area contributed by atoms with Crippen LogP contribution in [0.15, 0.2) is 53.5 Å². The third-order valence-electron chi connectivity index (χ3n) is 5.57. The van der Waals surface area contributed by atoms with Crippen LogP contribution in [0.1, 0.15) is 18.0 Å². The quantitative estimate of drug-likeness (QED) is 0.431. The predicted octanol–water partition coefficient (Wildman–Crippen LogP) is 3.98. The number of halogens is 1. The van der Waals surface area contributed by atoms with E-state index in [0.717, 1.165) is 39.0 Å². The molecule has 4 aromatic rings. The minimum Gasteiger partial charge on any atom is -0.383 e. The van der Waals surface area contributed by atoms with Crippen molar-refractivity contribution in [2.24, 2.45) is 0 Å². The lowest BCUT2D eigenvalue weighted by Gasteiger charge is -2.16. The summed E-state index contributed by atoms with van der Waals surface area (Å²) >= 11 is 3.59. The number of likely N-dealkylation sites (tertiary alicyclic amines) is 1. The lowest BCUT2D eigenvalue weighted by atomic mass is 10.0. The summed E-state index contributed by atoms with van der Waals surface area (Å²) in [5, 5.41) is 4.44. The van der Waals surface area contributed by atoms with Gasteiger partial charge in [0.15, 0.2) is 5.65 Å². The highest BCUT2D eigenvalue weighted by Crippen LogP contribution is 2.37. The van der Waals surface area contributed by atoms with E-state index in [1.54, 1.807) is 23.1 Å². The number of fused-ring (bicyclic) bond motifs is 1. The number of nitrogen functional groups attached to an aromatic ring is 1. The Morgan fingerprint density at radius 1 is 1.19 bits per heavy atom. The Morgan fingerprint density at radius 2 is 2.06 bits per heavy atom. The number of nitrogens with two attached hydrogens (primary N) is 1. The van der Waals surface area contributed by atoms with Gasteiger partial charge in [0.2, 0.25) is 5.65 Å². The molecule has 1 saturated heterocycles. The number of rotatable bonds is 3. The summed E-state index contributed by atoms with van der Waals surface area (Å²) < 4.78 is 2.36. The van der Waals surface area contributed by atoms with Crippen molar-refractivity contribution in [1.82, 2.24) is 29.5 Å². The number of aromatic nitrogens is 5. The van der Waals surface area contributed by atoms with Crippen molar-refractivity contribution in [2.45, 2.75) is 12.3 Å². The second-order valence-electron chi connectivity index (χ2n) is 7.43. The van der Waals surface area contributed by atoms with E-state index < -0.39 is 0 Å². The summed E-state index contributed by atoms with van der Waals surface area (Å²) in [4.78, 5) is 27.2. The summed E-state index contributed by atoms with van der Waals surface area (Å²) in [5.41, 5.74) is 11.4. The maximum Gasteiger partial charge on any atom is 0.237 e. The monoisotopic (exact) mass is 495 g/mol. The zero-order valence-corrected chi connectivity index (χ0v) is 19.2. The van der Waals surface area contributed by atoms with Crippen molar-refractivity contribution < 1.29 is 4.79 Å². The average molecular weight is 496 g/mol. The molecule has 0 spiro atoms. The normalized spacial score (nSPS) is 16.2. The van der Waals surface area contributed by atoms with Crippen LogP contribution in [0.2, 0.25) is 0 Å². The first-order chi connectivity index (χ1) is 15.0. The Bertz CT molecular complexity index is 1280. The largest absolute Gasteiger partial charge is 0.383 e. The molecule has 0 radical (unpaired) electrons. The molecule has 0 saturated carbocycles. The van der Waals surface area contributed by atoms with E-state index in [-0.39, 0.29) is 11.6 Å². The van der Waals surface area contributed by atoms with Gasteiger partial charge in [-0.15, -0.1) is 0 Å². The van der Waals surface area contributed by atoms with Crippen LogP contribution in [0, 0.1) is 0 Å². The van der Waals surface area contributed by atoms with Gasteiger partial charge in [0, 0.05) is 54.3 Å². The molecule has 1 amide bonds. The Kier molecular flexibility index (Phi) is 5.16. The molecule has 2 unspecified atom stereocenters. The molecule has 31 heavy (non-hydrogen) atoms. The van der Waals surface area contributed by atoms with Crippen LogP contribution in [-0.4, -0.2) is 48.2 Å². The molecule has 2 atom stereocenters. The molecule has 10 heteroatoms. The van der Waals surface area contributed by atoms with Gasteiger partial charge in [-0.1, -0.05) is 6.07 Å². The molecule has 4 aromatic heterocycles. The van der Waals surface area contributed by atoms with Gasteiger partial charge in [-0.3, -0.25) is 14.8 Å². The molecule has 1 aliphatic heterocycles. The van der Waals surface area contributed by atoms with Gasteiger partial charge in [-0.05, 0) is 49.8 Å². The van der Waals surface area contributed by atoms with E-state index in [9.17, 15) is 4.79 Å². The van der Waals surface area contributed by atoms with Gasteiger partial charge in [0.25, 0.3) is 0 Å². The fraction of sp³-hybridized carbons (Fsp3) is 0.190. The fourth-order valence-corrected chi connectivity index (χ4v) is 4.72. The van der Waals surface area contributed by atoms with Crippen LogP contribution in [0.5, 0.6) is 0 Å². The second kappa shape index (κ2) is 7.98. The number of hydrogen-bond donors (Lipinski definition) is 1. The Morgan fingerprint density at radius 3 is 2.74 bits per heavy atom. The summed E-state index contributed by atoms with van der Waals surface area (Å²) in [6.45, 7) is 1.33. The smallest absolute Gasteiger partial charge is 0.237 e. The van der Waals surface area contributed by atoms with Crippen molar-refractivity contribution in [3.05, 3.63) is 59.2 Å². The summed E-state index contributed by atoms with van der Waals surface area (Å²) in [7, 11) is 2.24. The minimum absolute atomic E-state index is 0.00232. The maximum absolute atomic E-state index is 11.7. The molecule has 1 aliphatic rings. The zero-order valence-electron chi connectivity index (χ0n) is 16.4. The first-order valence-corrected chi connectivity index (χ1v) is 11.1. The SMILES string of the molecule is Nc1c(Br)c(C2CCN(C(=O)P)C2)nc2c(-c3ccc(-c4cccnc4)nc3)cnn12. The zero-order chi connectivity index (χ0) is 21.5. The van der Waals surface area contributed by atoms with Crippen molar-refractivity contribution in [1.29, 1.82) is 0 Å².